The van der Waals surface area contributed by atoms with E-state index in [1.807, 2.05) is 12.3 Å². The van der Waals surface area contributed by atoms with Crippen molar-refractivity contribution in [3.63, 3.8) is 0 Å². The Balaban J connectivity index is 2.26. The molecule has 3 rings (SSSR count). The van der Waals surface area contributed by atoms with Gasteiger partial charge in [0.05, 0.1) is 11.4 Å². The van der Waals surface area contributed by atoms with Gasteiger partial charge in [0.15, 0.2) is 10.8 Å². The molecule has 0 bridgehead atoms. The van der Waals surface area contributed by atoms with Gasteiger partial charge in [0, 0.05) is 11.8 Å². The Bertz CT molecular complexity index is 1070. The Labute approximate surface area is 203 Å². The number of thioether (sulfide) groups is 1. The lowest BCUT2D eigenvalue weighted by Crippen LogP contribution is -2.43. The third-order valence-corrected chi connectivity index (χ3v) is 13.8. The molecule has 1 unspecified atom stereocenters. The van der Waals surface area contributed by atoms with Crippen molar-refractivity contribution in [1.82, 2.24) is 15.0 Å². The molecule has 8 heteroatoms. The lowest BCUT2D eigenvalue weighted by molar-refractivity contribution is 0.177. The molecule has 6 nitrogen and oxygen atoms in total. The van der Waals surface area contributed by atoms with E-state index in [9.17, 15) is 4.79 Å². The molecule has 1 amide bonds. The summed E-state index contributed by atoms with van der Waals surface area (Å²) in [6, 6.07) is 1.85. The molecule has 0 saturated carbocycles. The number of cyclic esters (lactones) is 1. The molecule has 1 fully saturated rings. The van der Waals surface area contributed by atoms with Gasteiger partial charge in [0.1, 0.15) is 20.5 Å². The molecule has 1 saturated heterocycles. The second-order valence-electron chi connectivity index (χ2n) is 10.0. The van der Waals surface area contributed by atoms with Crippen molar-refractivity contribution in [2.45, 2.75) is 83.2 Å². The minimum absolute atomic E-state index is 0.0689. The maximum atomic E-state index is 12.6. The minimum atomic E-state index is -1.94. The van der Waals surface area contributed by atoms with Crippen LogP contribution in [-0.2, 0) is 4.74 Å². The molecule has 0 spiro atoms. The molecule has 1 aliphatic heterocycles. The third kappa shape index (κ3) is 4.76. The van der Waals surface area contributed by atoms with Crippen molar-refractivity contribution in [2.75, 3.05) is 17.8 Å². The molecule has 0 radical (unpaired) electrons. The Morgan fingerprint density at radius 2 is 1.73 bits per heavy atom. The number of hydrogen-bond donors (Lipinski definition) is 0. The molecule has 3 heterocycles. The average Bonchev–Trinajstić information content (AvgIpc) is 3.14. The summed E-state index contributed by atoms with van der Waals surface area (Å²) in [5, 5.41) is 1.46. The van der Waals surface area contributed by atoms with E-state index in [0.29, 0.717) is 39.9 Å². The van der Waals surface area contributed by atoms with Crippen LogP contribution < -0.4 is 4.90 Å². The summed E-state index contributed by atoms with van der Waals surface area (Å²) >= 11 is 1.47. The van der Waals surface area contributed by atoms with E-state index in [0.717, 1.165) is 10.9 Å². The Hall–Kier alpha value is -2.11. The van der Waals surface area contributed by atoms with Crippen molar-refractivity contribution in [3.8, 4) is 11.5 Å². The molecule has 1 aliphatic rings. The minimum Gasteiger partial charge on any atom is -0.447 e. The topological polar surface area (TPSA) is 68.2 Å². The van der Waals surface area contributed by atoms with Crippen LogP contribution in [0.1, 0.15) is 61.0 Å². The summed E-state index contributed by atoms with van der Waals surface area (Å²) in [4.78, 5) is 28.2. The van der Waals surface area contributed by atoms with Crippen molar-refractivity contribution >= 4 is 42.8 Å². The van der Waals surface area contributed by atoms with Crippen LogP contribution in [-0.4, -0.2) is 48.0 Å². The second kappa shape index (κ2) is 10.0. The molecule has 178 valence electrons. The van der Waals surface area contributed by atoms with Crippen molar-refractivity contribution in [2.24, 2.45) is 5.92 Å². The van der Waals surface area contributed by atoms with Crippen LogP contribution in [0.2, 0.25) is 16.6 Å². The zero-order valence-corrected chi connectivity index (χ0v) is 23.1. The quantitative estimate of drug-likeness (QED) is 0.207. The Kier molecular flexibility index (Phi) is 7.75. The van der Waals surface area contributed by atoms with Gasteiger partial charge in [0.25, 0.3) is 0 Å². The number of amides is 1. The first kappa shape index (κ1) is 25.5. The van der Waals surface area contributed by atoms with Gasteiger partial charge < -0.3 is 4.74 Å². The highest BCUT2D eigenvalue weighted by molar-refractivity contribution is 7.98. The van der Waals surface area contributed by atoms with Gasteiger partial charge in [0.2, 0.25) is 0 Å². The predicted octanol–water partition coefficient (Wildman–Crippen LogP) is 6.30. The summed E-state index contributed by atoms with van der Waals surface area (Å²) in [5.41, 5.74) is 6.75. The SMILES string of the molecule is CSc1ncc2c(C#C[Si](C(C)C)(C(C)C)C(C)C)cc(N3C(=O)OCC3C(C)C)nc2n1. The van der Waals surface area contributed by atoms with Crippen LogP contribution in [0.5, 0.6) is 0 Å². The normalized spacial score (nSPS) is 16.8. The monoisotopic (exact) mass is 484 g/mol. The maximum absolute atomic E-state index is 12.6. The summed E-state index contributed by atoms with van der Waals surface area (Å²) < 4.78 is 5.38. The van der Waals surface area contributed by atoms with E-state index in [4.69, 9.17) is 9.72 Å². The maximum Gasteiger partial charge on any atom is 0.415 e. The first-order valence-corrected chi connectivity index (χ1v) is 15.2. The number of aromatic nitrogens is 3. The first-order chi connectivity index (χ1) is 15.5. The molecule has 1 atom stereocenters. The molecule has 0 N–H and O–H groups in total. The number of carbonyl (C=O) groups is 1. The number of carbonyl (C=O) groups excluding carboxylic acids is 1. The van der Waals surface area contributed by atoms with Crippen molar-refractivity contribution in [3.05, 3.63) is 17.8 Å². The largest absolute Gasteiger partial charge is 0.447 e. The second-order valence-corrected chi connectivity index (χ2v) is 16.4. The fraction of sp³-hybridized carbons (Fsp3) is 0.600. The van der Waals surface area contributed by atoms with Crippen LogP contribution in [0.3, 0.4) is 0 Å². The van der Waals surface area contributed by atoms with Gasteiger partial charge in [-0.3, -0.25) is 4.90 Å². The van der Waals surface area contributed by atoms with E-state index in [1.54, 1.807) is 11.1 Å². The van der Waals surface area contributed by atoms with Gasteiger partial charge in [-0.1, -0.05) is 73.1 Å². The van der Waals surface area contributed by atoms with Crippen LogP contribution in [0.4, 0.5) is 10.6 Å². The van der Waals surface area contributed by atoms with Crippen molar-refractivity contribution < 1.29 is 9.53 Å². The van der Waals surface area contributed by atoms with E-state index in [1.165, 1.54) is 11.8 Å². The fourth-order valence-corrected chi connectivity index (χ4v) is 10.7. The third-order valence-electron chi connectivity index (χ3n) is 6.92. The van der Waals surface area contributed by atoms with Crippen molar-refractivity contribution in [1.29, 1.82) is 0 Å². The zero-order valence-electron chi connectivity index (χ0n) is 21.3. The molecule has 2 aromatic rings. The van der Waals surface area contributed by atoms with Crippen LogP contribution in [0, 0.1) is 17.4 Å². The van der Waals surface area contributed by atoms with Gasteiger partial charge in [-0.15, -0.1) is 5.54 Å². The summed E-state index contributed by atoms with van der Waals surface area (Å²) in [7, 11) is -1.94. The molecule has 2 aromatic heterocycles. The van der Waals surface area contributed by atoms with E-state index < -0.39 is 8.07 Å². The number of anilines is 1. The average molecular weight is 485 g/mol. The number of hydrogen-bond acceptors (Lipinski definition) is 6. The van der Waals surface area contributed by atoms with Gasteiger partial charge >= 0.3 is 6.09 Å². The molecular formula is C25H36N4O2SSi. The molecular weight excluding hydrogens is 448 g/mol. The van der Waals surface area contributed by atoms with E-state index in [-0.39, 0.29) is 18.1 Å². The van der Waals surface area contributed by atoms with E-state index in [2.05, 4.69) is 76.8 Å². The molecule has 33 heavy (non-hydrogen) atoms. The highest BCUT2D eigenvalue weighted by Gasteiger charge is 2.42. The number of ether oxygens (including phenoxy) is 1. The highest BCUT2D eigenvalue weighted by Crippen LogP contribution is 2.41. The van der Waals surface area contributed by atoms with Gasteiger partial charge in [-0.2, -0.15) is 0 Å². The number of fused-ring (bicyclic) bond motifs is 1. The van der Waals surface area contributed by atoms with Gasteiger partial charge in [-0.25, -0.2) is 19.7 Å². The summed E-state index contributed by atoms with van der Waals surface area (Å²) in [6.07, 6.45) is 3.38. The molecule has 0 aliphatic carbocycles. The van der Waals surface area contributed by atoms with Gasteiger partial charge in [-0.05, 0) is 34.9 Å². The lowest BCUT2D eigenvalue weighted by Gasteiger charge is -2.38. The standard InChI is InChI=1S/C25H36N4O2SSi/c1-15(2)21-14-31-25(30)29(21)22-12-19(20-13-26-24(32-9)28-23(20)27-22)10-11-33(16(3)4,17(5)6)18(7)8/h12-13,15-18,21H,14H2,1-9H3. The number of nitrogens with zero attached hydrogens (tertiary/aromatic N) is 4. The zero-order chi connectivity index (χ0) is 24.5. The number of rotatable bonds is 6. The van der Waals surface area contributed by atoms with Crippen LogP contribution in [0.25, 0.3) is 11.0 Å². The summed E-state index contributed by atoms with van der Waals surface area (Å²) in [6.45, 7) is 18.4. The van der Waals surface area contributed by atoms with Crippen LogP contribution in [0.15, 0.2) is 17.4 Å². The fourth-order valence-electron chi connectivity index (χ4n) is 5.10. The smallest absolute Gasteiger partial charge is 0.415 e. The Morgan fingerprint density at radius 3 is 2.27 bits per heavy atom. The van der Waals surface area contributed by atoms with E-state index >= 15 is 0 Å². The van der Waals surface area contributed by atoms with Crippen LogP contribution >= 0.6 is 11.8 Å². The summed E-state index contributed by atoms with van der Waals surface area (Å²) in [5.74, 6) is 4.32. The Morgan fingerprint density at radius 1 is 1.09 bits per heavy atom. The highest BCUT2D eigenvalue weighted by atomic mass is 32.2. The lowest BCUT2D eigenvalue weighted by atomic mass is 10.0. The predicted molar refractivity (Wildman–Crippen MR) is 139 cm³/mol. The molecule has 0 aromatic carbocycles. The number of pyridine rings is 1. The first-order valence-electron chi connectivity index (χ1n) is 11.7.